The van der Waals surface area contributed by atoms with E-state index in [0.29, 0.717) is 19.4 Å². The highest BCUT2D eigenvalue weighted by Gasteiger charge is 2.18. The quantitative estimate of drug-likeness (QED) is 0.325. The van der Waals surface area contributed by atoms with E-state index in [0.717, 1.165) is 19.3 Å². The highest BCUT2D eigenvalue weighted by Crippen LogP contribution is 2.07. The van der Waals surface area contributed by atoms with Gasteiger partial charge in [-0.3, -0.25) is 14.5 Å². The van der Waals surface area contributed by atoms with Gasteiger partial charge in [0.25, 0.3) is 0 Å². The second-order valence-electron chi connectivity index (χ2n) is 6.90. The molecule has 0 heterocycles. The zero-order valence-electron chi connectivity index (χ0n) is 16.4. The molecule has 146 valence electrons. The molecule has 0 aliphatic carbocycles. The van der Waals surface area contributed by atoms with Gasteiger partial charge < -0.3 is 10.4 Å². The van der Waals surface area contributed by atoms with Crippen molar-refractivity contribution >= 4 is 11.9 Å². The van der Waals surface area contributed by atoms with E-state index >= 15 is 0 Å². The molecule has 2 N–H and O–H groups in total. The highest BCUT2D eigenvalue weighted by molar-refractivity contribution is 5.77. The summed E-state index contributed by atoms with van der Waals surface area (Å²) in [7, 11) is 3.55. The molecule has 0 radical (unpaired) electrons. The van der Waals surface area contributed by atoms with Crippen molar-refractivity contribution in [1.29, 1.82) is 0 Å². The summed E-state index contributed by atoms with van der Waals surface area (Å²) in [4.78, 5) is 24.5. The molecule has 0 saturated carbocycles. The van der Waals surface area contributed by atoms with Crippen LogP contribution in [0.25, 0.3) is 0 Å². The van der Waals surface area contributed by atoms with Crippen LogP contribution in [-0.2, 0) is 9.59 Å². The number of carboxylic acids is 1. The van der Waals surface area contributed by atoms with E-state index in [1.165, 1.54) is 38.5 Å². The number of nitrogens with one attached hydrogen (secondary N) is 1. The fourth-order valence-corrected chi connectivity index (χ4v) is 2.72. The average Bonchev–Trinajstić information content (AvgIpc) is 2.55. The lowest BCUT2D eigenvalue weighted by atomic mass is 10.1. The van der Waals surface area contributed by atoms with Gasteiger partial charge in [-0.1, -0.05) is 51.2 Å². The number of hydrogen-bond acceptors (Lipinski definition) is 3. The lowest BCUT2D eigenvalue weighted by Gasteiger charge is -2.19. The zero-order chi connectivity index (χ0) is 18.9. The summed E-state index contributed by atoms with van der Waals surface area (Å²) in [5, 5.41) is 12.0. The Hall–Kier alpha value is -1.36. The van der Waals surface area contributed by atoms with Crippen LogP contribution in [0.3, 0.4) is 0 Å². The summed E-state index contributed by atoms with van der Waals surface area (Å²) in [6, 6.07) is -0.444. The minimum absolute atomic E-state index is 0.0431. The average molecular weight is 355 g/mol. The Morgan fingerprint density at radius 1 is 1.00 bits per heavy atom. The first-order valence-corrected chi connectivity index (χ1v) is 9.80. The molecule has 0 spiro atoms. The minimum atomic E-state index is -0.787. The third kappa shape index (κ3) is 14.7. The zero-order valence-corrected chi connectivity index (χ0v) is 16.4. The van der Waals surface area contributed by atoms with Crippen LogP contribution in [0.4, 0.5) is 0 Å². The Kier molecular flexibility index (Phi) is 15.2. The molecule has 0 aromatic rings. The number of carbonyl (C=O) groups is 2. The molecule has 5 nitrogen and oxygen atoms in total. The van der Waals surface area contributed by atoms with Gasteiger partial charge in [0.2, 0.25) is 5.91 Å². The minimum Gasteiger partial charge on any atom is -0.480 e. The topological polar surface area (TPSA) is 69.6 Å². The smallest absolute Gasteiger partial charge is 0.320 e. The van der Waals surface area contributed by atoms with Crippen molar-refractivity contribution in [2.45, 2.75) is 83.6 Å². The second kappa shape index (κ2) is 16.1. The van der Waals surface area contributed by atoms with Gasteiger partial charge in [-0.25, -0.2) is 0 Å². The van der Waals surface area contributed by atoms with Crippen molar-refractivity contribution < 1.29 is 14.7 Å². The van der Waals surface area contributed by atoms with E-state index in [1.54, 1.807) is 19.0 Å². The molecule has 1 amide bonds. The molecule has 0 unspecified atom stereocenters. The van der Waals surface area contributed by atoms with Gasteiger partial charge in [0, 0.05) is 13.0 Å². The van der Waals surface area contributed by atoms with Crippen LogP contribution < -0.4 is 5.32 Å². The van der Waals surface area contributed by atoms with Crippen molar-refractivity contribution in [1.82, 2.24) is 10.2 Å². The van der Waals surface area contributed by atoms with Gasteiger partial charge in [-0.05, 0) is 46.2 Å². The number of likely N-dealkylation sites (N-methyl/N-ethyl adjacent to an activating group) is 1. The maximum Gasteiger partial charge on any atom is 0.320 e. The molecule has 0 fully saturated rings. The van der Waals surface area contributed by atoms with Crippen LogP contribution in [0.1, 0.15) is 77.6 Å². The third-order valence-electron chi connectivity index (χ3n) is 4.33. The van der Waals surface area contributed by atoms with E-state index in [9.17, 15) is 9.59 Å². The Balaban J connectivity index is 3.55. The Labute approximate surface area is 153 Å². The van der Waals surface area contributed by atoms with Crippen molar-refractivity contribution in [2.24, 2.45) is 0 Å². The summed E-state index contributed by atoms with van der Waals surface area (Å²) in [5.41, 5.74) is 0. The van der Waals surface area contributed by atoms with Crippen molar-refractivity contribution in [3.63, 3.8) is 0 Å². The number of rotatable bonds is 16. The Morgan fingerprint density at radius 2 is 1.68 bits per heavy atom. The summed E-state index contributed by atoms with van der Waals surface area (Å²) in [6.45, 7) is 2.84. The van der Waals surface area contributed by atoms with Gasteiger partial charge in [-0.15, -0.1) is 0 Å². The number of carbonyl (C=O) groups excluding carboxylic acids is 1. The normalized spacial score (nSPS) is 12.6. The largest absolute Gasteiger partial charge is 0.480 e. The summed E-state index contributed by atoms with van der Waals surface area (Å²) < 4.78 is 0. The monoisotopic (exact) mass is 354 g/mol. The molecule has 5 heteroatoms. The number of aliphatic carboxylic acids is 1. The molecular formula is C20H38N2O3. The summed E-state index contributed by atoms with van der Waals surface area (Å²) in [6.07, 6.45) is 15.5. The van der Waals surface area contributed by atoms with Gasteiger partial charge in [0.05, 0.1) is 0 Å². The number of unbranched alkanes of at least 4 members (excludes halogenated alkanes) is 7. The maximum absolute atomic E-state index is 11.7. The number of nitrogens with zero attached hydrogens (tertiary/aromatic N) is 1. The van der Waals surface area contributed by atoms with Crippen LogP contribution >= 0.6 is 0 Å². The van der Waals surface area contributed by atoms with Crippen LogP contribution in [0.5, 0.6) is 0 Å². The highest BCUT2D eigenvalue weighted by atomic mass is 16.4. The first-order chi connectivity index (χ1) is 12.0. The Morgan fingerprint density at radius 3 is 2.32 bits per heavy atom. The Bertz CT molecular complexity index is 381. The lowest BCUT2D eigenvalue weighted by molar-refractivity contribution is -0.142. The molecule has 0 aliphatic heterocycles. The van der Waals surface area contributed by atoms with Crippen LogP contribution in [0.2, 0.25) is 0 Å². The van der Waals surface area contributed by atoms with E-state index < -0.39 is 12.0 Å². The van der Waals surface area contributed by atoms with Crippen LogP contribution in [0, 0.1) is 0 Å². The molecule has 25 heavy (non-hydrogen) atoms. The van der Waals surface area contributed by atoms with Gasteiger partial charge in [-0.2, -0.15) is 0 Å². The first-order valence-electron chi connectivity index (χ1n) is 9.80. The van der Waals surface area contributed by atoms with Gasteiger partial charge in [0.15, 0.2) is 0 Å². The number of carboxylic acid groups (broad SMARTS) is 1. The van der Waals surface area contributed by atoms with Crippen molar-refractivity contribution in [2.75, 3.05) is 20.6 Å². The predicted molar refractivity (Wildman–Crippen MR) is 104 cm³/mol. The van der Waals surface area contributed by atoms with Crippen LogP contribution in [-0.4, -0.2) is 48.6 Å². The van der Waals surface area contributed by atoms with E-state index in [2.05, 4.69) is 18.3 Å². The molecule has 1 atom stereocenters. The number of hydrogen-bond donors (Lipinski definition) is 2. The fraction of sp³-hybridized carbons (Fsp3) is 0.800. The van der Waals surface area contributed by atoms with Crippen molar-refractivity contribution in [3.05, 3.63) is 12.2 Å². The number of allylic oxidation sites excluding steroid dienone is 1. The second-order valence-corrected chi connectivity index (χ2v) is 6.90. The van der Waals surface area contributed by atoms with E-state index in [1.807, 2.05) is 6.08 Å². The van der Waals surface area contributed by atoms with E-state index in [-0.39, 0.29) is 5.91 Å². The SMILES string of the molecule is CCCCCCCC/C=C/CC(=O)NCCCC[C@@H](C(=O)O)N(C)C. The van der Waals surface area contributed by atoms with Gasteiger partial charge >= 0.3 is 5.97 Å². The molecule has 0 saturated heterocycles. The van der Waals surface area contributed by atoms with E-state index in [4.69, 9.17) is 5.11 Å². The molecule has 0 bridgehead atoms. The molecule has 0 aliphatic rings. The molecule has 0 rings (SSSR count). The van der Waals surface area contributed by atoms with Crippen LogP contribution in [0.15, 0.2) is 12.2 Å². The number of amides is 1. The summed E-state index contributed by atoms with van der Waals surface area (Å²) in [5.74, 6) is -0.744. The standard InChI is InChI=1S/C20H38N2O3/c1-4-5-6-7-8-9-10-11-12-16-19(23)21-17-14-13-15-18(20(24)25)22(2)3/h11-12,18H,4-10,13-17H2,1-3H3,(H,21,23)(H,24,25)/b12-11+/t18-/m0/s1. The van der Waals surface area contributed by atoms with Crippen molar-refractivity contribution in [3.8, 4) is 0 Å². The molecule has 0 aromatic heterocycles. The maximum atomic E-state index is 11.7. The van der Waals surface area contributed by atoms with Gasteiger partial charge in [0.1, 0.15) is 6.04 Å². The fourth-order valence-electron chi connectivity index (χ4n) is 2.72. The first kappa shape index (κ1) is 23.6. The molecule has 0 aromatic carbocycles. The molecular weight excluding hydrogens is 316 g/mol. The predicted octanol–water partition coefficient (Wildman–Crippen LogP) is 3.98. The lowest BCUT2D eigenvalue weighted by Crippen LogP contribution is -2.35. The summed E-state index contributed by atoms with van der Waals surface area (Å²) >= 11 is 0. The third-order valence-corrected chi connectivity index (χ3v) is 4.33.